The fraction of sp³-hybridized carbons (Fsp3) is 0.375. The number of benzene rings is 2. The van der Waals surface area contributed by atoms with E-state index in [9.17, 15) is 9.59 Å². The van der Waals surface area contributed by atoms with Gasteiger partial charge in [-0.15, -0.1) is 0 Å². The minimum absolute atomic E-state index is 0.0252. The Hall–Kier alpha value is -3.35. The van der Waals surface area contributed by atoms with Gasteiger partial charge in [-0.3, -0.25) is 14.6 Å². The molecule has 7 nitrogen and oxygen atoms in total. The maximum Gasteiger partial charge on any atom is 0.251 e. The minimum atomic E-state index is -0.288. The maximum atomic E-state index is 12.4. The lowest BCUT2D eigenvalue weighted by Gasteiger charge is -2.21. The highest BCUT2D eigenvalue weighted by atomic mass is 16.2. The van der Waals surface area contributed by atoms with Crippen LogP contribution in [-0.2, 0) is 11.3 Å². The standard InChI is InChI=1S/C24H31N5O2/c1-24(2,3)28-22(31)18-10-8-9-17(13-18)15-26-23(25-4)27-19-14-21(30)29(16-19)20-11-6-5-7-12-20/h5-13,19H,14-16H2,1-4H3,(H,28,31)(H2,25,26,27). The molecule has 1 unspecified atom stereocenters. The average Bonchev–Trinajstić information content (AvgIpc) is 3.10. The summed E-state index contributed by atoms with van der Waals surface area (Å²) in [6.45, 7) is 6.97. The first-order valence-corrected chi connectivity index (χ1v) is 10.5. The Bertz CT molecular complexity index is 950. The molecule has 2 aromatic rings. The lowest BCUT2D eigenvalue weighted by molar-refractivity contribution is -0.117. The predicted molar refractivity (Wildman–Crippen MR) is 124 cm³/mol. The number of hydrogen-bond acceptors (Lipinski definition) is 3. The van der Waals surface area contributed by atoms with E-state index in [1.165, 1.54) is 0 Å². The first-order valence-electron chi connectivity index (χ1n) is 10.5. The maximum absolute atomic E-state index is 12.4. The van der Waals surface area contributed by atoms with E-state index < -0.39 is 0 Å². The predicted octanol–water partition coefficient (Wildman–Crippen LogP) is 2.69. The van der Waals surface area contributed by atoms with Gasteiger partial charge in [-0.1, -0.05) is 30.3 Å². The fourth-order valence-corrected chi connectivity index (χ4v) is 3.47. The molecular weight excluding hydrogens is 390 g/mol. The zero-order valence-electron chi connectivity index (χ0n) is 18.6. The van der Waals surface area contributed by atoms with Crippen LogP contribution in [0, 0.1) is 0 Å². The van der Waals surface area contributed by atoms with E-state index in [1.807, 2.05) is 69.3 Å². The van der Waals surface area contributed by atoms with Gasteiger partial charge in [0.25, 0.3) is 5.91 Å². The molecule has 2 amide bonds. The van der Waals surface area contributed by atoms with Gasteiger partial charge >= 0.3 is 0 Å². The molecule has 2 aromatic carbocycles. The molecule has 1 fully saturated rings. The van der Waals surface area contributed by atoms with Crippen molar-refractivity contribution >= 4 is 23.5 Å². The highest BCUT2D eigenvalue weighted by Gasteiger charge is 2.31. The molecule has 3 N–H and O–H groups in total. The van der Waals surface area contributed by atoms with E-state index in [2.05, 4.69) is 20.9 Å². The van der Waals surface area contributed by atoms with Gasteiger partial charge in [0.15, 0.2) is 5.96 Å². The number of rotatable bonds is 5. The fourth-order valence-electron chi connectivity index (χ4n) is 3.47. The molecule has 1 saturated heterocycles. The Balaban J connectivity index is 1.56. The molecular formula is C24H31N5O2. The third-order valence-corrected chi connectivity index (χ3v) is 4.90. The summed E-state index contributed by atoms with van der Waals surface area (Å²) >= 11 is 0. The number of anilines is 1. The summed E-state index contributed by atoms with van der Waals surface area (Å²) in [6, 6.07) is 17.2. The van der Waals surface area contributed by atoms with Gasteiger partial charge in [-0.25, -0.2) is 0 Å². The Morgan fingerprint density at radius 1 is 1.13 bits per heavy atom. The normalized spacial score (nSPS) is 16.9. The Morgan fingerprint density at radius 3 is 2.55 bits per heavy atom. The molecule has 1 heterocycles. The highest BCUT2D eigenvalue weighted by Crippen LogP contribution is 2.21. The van der Waals surface area contributed by atoms with Crippen molar-refractivity contribution in [2.75, 3.05) is 18.5 Å². The average molecular weight is 422 g/mol. The van der Waals surface area contributed by atoms with Gasteiger partial charge in [0.05, 0.1) is 6.04 Å². The monoisotopic (exact) mass is 421 g/mol. The second-order valence-corrected chi connectivity index (χ2v) is 8.72. The zero-order chi connectivity index (χ0) is 22.4. The van der Waals surface area contributed by atoms with E-state index in [-0.39, 0.29) is 23.4 Å². The van der Waals surface area contributed by atoms with Gasteiger partial charge in [0, 0.05) is 43.3 Å². The molecule has 7 heteroatoms. The van der Waals surface area contributed by atoms with Crippen LogP contribution in [0.3, 0.4) is 0 Å². The summed E-state index contributed by atoms with van der Waals surface area (Å²) in [7, 11) is 1.70. The molecule has 0 aromatic heterocycles. The SMILES string of the molecule is CN=C(NCc1cccc(C(=O)NC(C)(C)C)c1)NC1CC(=O)N(c2ccccc2)C1. The summed E-state index contributed by atoms with van der Waals surface area (Å²) in [6.07, 6.45) is 0.415. The van der Waals surface area contributed by atoms with Crippen LogP contribution in [0.15, 0.2) is 59.6 Å². The van der Waals surface area contributed by atoms with Crippen molar-refractivity contribution in [2.24, 2.45) is 4.99 Å². The molecule has 0 radical (unpaired) electrons. The number of nitrogens with zero attached hydrogens (tertiary/aromatic N) is 2. The van der Waals surface area contributed by atoms with E-state index in [1.54, 1.807) is 18.0 Å². The zero-order valence-corrected chi connectivity index (χ0v) is 18.6. The van der Waals surface area contributed by atoms with Crippen LogP contribution in [0.25, 0.3) is 0 Å². The van der Waals surface area contributed by atoms with Crippen LogP contribution in [0.5, 0.6) is 0 Å². The number of carbonyl (C=O) groups is 2. The van der Waals surface area contributed by atoms with Gasteiger partial charge < -0.3 is 20.9 Å². The van der Waals surface area contributed by atoms with Crippen LogP contribution in [-0.4, -0.2) is 42.9 Å². The van der Waals surface area contributed by atoms with E-state index in [0.717, 1.165) is 11.3 Å². The lowest BCUT2D eigenvalue weighted by Crippen LogP contribution is -2.44. The number of hydrogen-bond donors (Lipinski definition) is 3. The summed E-state index contributed by atoms with van der Waals surface area (Å²) < 4.78 is 0. The molecule has 0 bridgehead atoms. The highest BCUT2D eigenvalue weighted by molar-refractivity contribution is 5.97. The lowest BCUT2D eigenvalue weighted by atomic mass is 10.1. The van der Waals surface area contributed by atoms with Crippen LogP contribution in [0.2, 0.25) is 0 Å². The number of nitrogens with one attached hydrogen (secondary N) is 3. The number of guanidine groups is 1. The topological polar surface area (TPSA) is 85.8 Å². The molecule has 0 spiro atoms. The molecule has 164 valence electrons. The van der Waals surface area contributed by atoms with Crippen molar-refractivity contribution < 1.29 is 9.59 Å². The summed E-state index contributed by atoms with van der Waals surface area (Å²) in [5.41, 5.74) is 2.21. The first kappa shape index (κ1) is 22.3. The van der Waals surface area contributed by atoms with Gasteiger partial charge in [0.2, 0.25) is 5.91 Å². The quantitative estimate of drug-likeness (QED) is 0.512. The van der Waals surface area contributed by atoms with E-state index in [4.69, 9.17) is 0 Å². The van der Waals surface area contributed by atoms with E-state index >= 15 is 0 Å². The van der Waals surface area contributed by atoms with Crippen LogP contribution < -0.4 is 20.9 Å². The second-order valence-electron chi connectivity index (χ2n) is 8.72. The first-order chi connectivity index (χ1) is 14.7. The van der Waals surface area contributed by atoms with Crippen molar-refractivity contribution in [1.82, 2.24) is 16.0 Å². The van der Waals surface area contributed by atoms with Gasteiger partial charge in [-0.05, 0) is 50.6 Å². The molecule has 0 saturated carbocycles. The van der Waals surface area contributed by atoms with Crippen molar-refractivity contribution in [2.45, 2.75) is 45.3 Å². The van der Waals surface area contributed by atoms with Crippen LogP contribution in [0.4, 0.5) is 5.69 Å². The smallest absolute Gasteiger partial charge is 0.251 e. The molecule has 0 aliphatic carbocycles. The van der Waals surface area contributed by atoms with Crippen molar-refractivity contribution in [3.8, 4) is 0 Å². The number of amides is 2. The van der Waals surface area contributed by atoms with Crippen molar-refractivity contribution in [3.63, 3.8) is 0 Å². The van der Waals surface area contributed by atoms with Crippen molar-refractivity contribution in [3.05, 3.63) is 65.7 Å². The molecule has 3 rings (SSSR count). The van der Waals surface area contributed by atoms with Crippen LogP contribution in [0.1, 0.15) is 43.1 Å². The molecule has 1 aliphatic heterocycles. The third-order valence-electron chi connectivity index (χ3n) is 4.90. The minimum Gasteiger partial charge on any atom is -0.352 e. The molecule has 1 aliphatic rings. The Morgan fingerprint density at radius 2 is 1.87 bits per heavy atom. The van der Waals surface area contributed by atoms with Crippen molar-refractivity contribution in [1.29, 1.82) is 0 Å². The molecule has 1 atom stereocenters. The Labute approximate surface area is 183 Å². The number of carbonyl (C=O) groups excluding carboxylic acids is 2. The second kappa shape index (κ2) is 9.64. The summed E-state index contributed by atoms with van der Waals surface area (Å²) in [5.74, 6) is 0.622. The Kier molecular flexibility index (Phi) is 6.95. The summed E-state index contributed by atoms with van der Waals surface area (Å²) in [5, 5.41) is 9.58. The molecule has 31 heavy (non-hydrogen) atoms. The number of para-hydroxylation sites is 1. The van der Waals surface area contributed by atoms with E-state index in [0.29, 0.717) is 31.0 Å². The largest absolute Gasteiger partial charge is 0.352 e. The third kappa shape index (κ3) is 6.31. The summed E-state index contributed by atoms with van der Waals surface area (Å²) in [4.78, 5) is 30.9. The van der Waals surface area contributed by atoms with Gasteiger partial charge in [0.1, 0.15) is 0 Å². The number of aliphatic imine (C=N–C) groups is 1. The van der Waals surface area contributed by atoms with Crippen LogP contribution >= 0.6 is 0 Å². The van der Waals surface area contributed by atoms with Gasteiger partial charge in [-0.2, -0.15) is 0 Å².